The highest BCUT2D eigenvalue weighted by molar-refractivity contribution is 5.87. The van der Waals surface area contributed by atoms with E-state index in [1.165, 1.54) is 14.2 Å². The fourth-order valence-corrected chi connectivity index (χ4v) is 3.07. The highest BCUT2D eigenvalue weighted by Gasteiger charge is 2.20. The molecule has 0 fully saturated rings. The third-order valence-electron chi connectivity index (χ3n) is 4.41. The zero-order valence-electron chi connectivity index (χ0n) is 15.6. The molecule has 3 aromatic rings. The minimum atomic E-state index is -1.02. The number of carbonyl (C=O) groups is 2. The molecule has 0 radical (unpaired) electrons. The lowest BCUT2D eigenvalue weighted by molar-refractivity contribution is -0.137. The molecular formula is C20H21N3O5. The minimum absolute atomic E-state index is 0.106. The summed E-state index contributed by atoms with van der Waals surface area (Å²) in [5, 5.41) is 12.9. The van der Waals surface area contributed by atoms with Gasteiger partial charge >= 0.3 is 5.97 Å². The highest BCUT2D eigenvalue weighted by Crippen LogP contribution is 2.31. The number of nitrogens with one attached hydrogen (secondary N) is 2. The monoisotopic (exact) mass is 383 g/mol. The second kappa shape index (κ2) is 8.43. The lowest BCUT2D eigenvalue weighted by Gasteiger charge is -2.19. The zero-order chi connectivity index (χ0) is 20.1. The van der Waals surface area contributed by atoms with Crippen LogP contribution in [-0.2, 0) is 16.0 Å². The molecule has 2 aromatic heterocycles. The lowest BCUT2D eigenvalue weighted by Crippen LogP contribution is -2.31. The van der Waals surface area contributed by atoms with Crippen molar-refractivity contribution < 1.29 is 24.2 Å². The van der Waals surface area contributed by atoms with Gasteiger partial charge in [-0.1, -0.05) is 6.07 Å². The van der Waals surface area contributed by atoms with Crippen molar-refractivity contribution in [2.75, 3.05) is 14.2 Å². The number of pyridine rings is 1. The largest absolute Gasteiger partial charge is 0.493 e. The van der Waals surface area contributed by atoms with Gasteiger partial charge in [-0.15, -0.1) is 0 Å². The van der Waals surface area contributed by atoms with Gasteiger partial charge in [0.25, 0.3) is 0 Å². The number of fused-ring (bicyclic) bond motifs is 1. The number of aromatic nitrogens is 2. The predicted octanol–water partition coefficient (Wildman–Crippen LogP) is 2.45. The van der Waals surface area contributed by atoms with E-state index in [2.05, 4.69) is 15.3 Å². The average molecular weight is 383 g/mol. The molecular weight excluding hydrogens is 362 g/mol. The molecule has 3 rings (SSSR count). The van der Waals surface area contributed by atoms with Crippen molar-refractivity contribution in [3.8, 4) is 11.5 Å². The van der Waals surface area contributed by atoms with Crippen LogP contribution in [0.15, 0.2) is 42.7 Å². The fourth-order valence-electron chi connectivity index (χ4n) is 3.07. The van der Waals surface area contributed by atoms with Crippen molar-refractivity contribution in [1.82, 2.24) is 15.3 Å². The first-order valence-corrected chi connectivity index (χ1v) is 8.66. The van der Waals surface area contributed by atoms with Gasteiger partial charge < -0.3 is 24.9 Å². The van der Waals surface area contributed by atoms with E-state index in [0.717, 1.165) is 10.9 Å². The van der Waals surface area contributed by atoms with Gasteiger partial charge in [0.1, 0.15) is 5.65 Å². The Hall–Kier alpha value is -3.55. The van der Waals surface area contributed by atoms with Crippen LogP contribution in [0.2, 0.25) is 0 Å². The summed E-state index contributed by atoms with van der Waals surface area (Å²) in [6.45, 7) is 0. The van der Waals surface area contributed by atoms with Crippen molar-refractivity contribution in [2.45, 2.75) is 18.9 Å². The number of hydrogen-bond acceptors (Lipinski definition) is 5. The summed E-state index contributed by atoms with van der Waals surface area (Å²) in [6.07, 6.45) is 3.26. The van der Waals surface area contributed by atoms with Crippen LogP contribution in [0.3, 0.4) is 0 Å². The predicted molar refractivity (Wildman–Crippen MR) is 102 cm³/mol. The first-order valence-electron chi connectivity index (χ1n) is 8.66. The number of carbonyl (C=O) groups excluding carboxylic acids is 1. The number of benzene rings is 1. The van der Waals surface area contributed by atoms with Gasteiger partial charge in [0.05, 0.1) is 33.1 Å². The van der Waals surface area contributed by atoms with Crippen LogP contribution < -0.4 is 14.8 Å². The van der Waals surface area contributed by atoms with Crippen LogP contribution in [0, 0.1) is 0 Å². The number of amides is 1. The molecule has 1 amide bonds. The minimum Gasteiger partial charge on any atom is -0.493 e. The van der Waals surface area contributed by atoms with Gasteiger partial charge in [-0.25, -0.2) is 4.98 Å². The molecule has 0 aliphatic heterocycles. The molecule has 0 spiro atoms. The van der Waals surface area contributed by atoms with Gasteiger partial charge in [0.15, 0.2) is 11.5 Å². The molecule has 0 aliphatic rings. The molecule has 8 heteroatoms. The summed E-state index contributed by atoms with van der Waals surface area (Å²) < 4.78 is 10.5. The molecule has 0 saturated heterocycles. The highest BCUT2D eigenvalue weighted by atomic mass is 16.5. The summed E-state index contributed by atoms with van der Waals surface area (Å²) in [4.78, 5) is 31.1. The quantitative estimate of drug-likeness (QED) is 0.551. The lowest BCUT2D eigenvalue weighted by atomic mass is 10.0. The van der Waals surface area contributed by atoms with Crippen LogP contribution in [0.25, 0.3) is 11.0 Å². The van der Waals surface area contributed by atoms with E-state index >= 15 is 0 Å². The molecule has 28 heavy (non-hydrogen) atoms. The molecule has 0 aliphatic carbocycles. The van der Waals surface area contributed by atoms with Crippen molar-refractivity contribution in [2.24, 2.45) is 0 Å². The Morgan fingerprint density at radius 3 is 2.71 bits per heavy atom. The molecule has 146 valence electrons. The second-order valence-corrected chi connectivity index (χ2v) is 6.22. The van der Waals surface area contributed by atoms with Crippen LogP contribution in [-0.4, -0.2) is 41.2 Å². The molecule has 0 bridgehead atoms. The average Bonchev–Trinajstić information content (AvgIpc) is 3.09. The molecule has 8 nitrogen and oxygen atoms in total. The first-order chi connectivity index (χ1) is 13.5. The van der Waals surface area contributed by atoms with Crippen LogP contribution in [0.5, 0.6) is 11.5 Å². The Morgan fingerprint density at radius 1 is 1.21 bits per heavy atom. The molecule has 1 aromatic carbocycles. The van der Waals surface area contributed by atoms with E-state index in [0.29, 0.717) is 22.7 Å². The van der Waals surface area contributed by atoms with E-state index in [9.17, 15) is 14.7 Å². The third-order valence-corrected chi connectivity index (χ3v) is 4.41. The van der Waals surface area contributed by atoms with E-state index in [1.54, 1.807) is 36.7 Å². The Balaban J connectivity index is 1.80. The Kier molecular flexibility index (Phi) is 5.78. The SMILES string of the molecule is COc1ccc(C(CC(=O)O)NC(=O)Cc2c[nH]c3ncccc23)cc1OC. The first kappa shape index (κ1) is 19.2. The number of ether oxygens (including phenoxy) is 2. The molecule has 1 unspecified atom stereocenters. The van der Waals surface area contributed by atoms with E-state index in [-0.39, 0.29) is 18.7 Å². The number of rotatable bonds is 8. The zero-order valence-corrected chi connectivity index (χ0v) is 15.6. The Morgan fingerprint density at radius 2 is 2.00 bits per heavy atom. The fraction of sp³-hybridized carbons (Fsp3) is 0.250. The number of hydrogen-bond donors (Lipinski definition) is 3. The number of carboxylic acid groups (broad SMARTS) is 1. The maximum Gasteiger partial charge on any atom is 0.305 e. The number of methoxy groups -OCH3 is 2. The van der Waals surface area contributed by atoms with Gasteiger partial charge in [-0.2, -0.15) is 0 Å². The van der Waals surface area contributed by atoms with Gasteiger partial charge in [-0.05, 0) is 35.4 Å². The van der Waals surface area contributed by atoms with Crippen molar-refractivity contribution >= 4 is 22.9 Å². The normalized spacial score (nSPS) is 11.8. The molecule has 3 N–H and O–H groups in total. The topological polar surface area (TPSA) is 114 Å². The molecule has 2 heterocycles. The summed E-state index contributed by atoms with van der Waals surface area (Å²) in [7, 11) is 3.02. The van der Waals surface area contributed by atoms with E-state index < -0.39 is 12.0 Å². The molecule has 0 saturated carbocycles. The maximum absolute atomic E-state index is 12.6. The van der Waals surface area contributed by atoms with Crippen molar-refractivity contribution in [1.29, 1.82) is 0 Å². The maximum atomic E-state index is 12.6. The third kappa shape index (κ3) is 4.22. The number of nitrogens with zero attached hydrogens (tertiary/aromatic N) is 1. The summed E-state index contributed by atoms with van der Waals surface area (Å²) in [5.41, 5.74) is 2.11. The molecule has 1 atom stereocenters. The second-order valence-electron chi connectivity index (χ2n) is 6.22. The summed E-state index contributed by atoms with van der Waals surface area (Å²) in [5.74, 6) is -0.313. The number of aromatic amines is 1. The number of aliphatic carboxylic acids is 1. The summed E-state index contributed by atoms with van der Waals surface area (Å²) >= 11 is 0. The van der Waals surface area contributed by atoms with Gasteiger partial charge in [-0.3, -0.25) is 9.59 Å². The van der Waals surface area contributed by atoms with E-state index in [4.69, 9.17) is 9.47 Å². The van der Waals surface area contributed by atoms with Crippen molar-refractivity contribution in [3.05, 3.63) is 53.9 Å². The number of carboxylic acids is 1. The Bertz CT molecular complexity index is 998. The van der Waals surface area contributed by atoms with Gasteiger partial charge in [0.2, 0.25) is 5.91 Å². The van der Waals surface area contributed by atoms with Crippen LogP contribution >= 0.6 is 0 Å². The van der Waals surface area contributed by atoms with Crippen molar-refractivity contribution in [3.63, 3.8) is 0 Å². The Labute approximate surface area is 161 Å². The standard InChI is InChI=1S/C20H21N3O5/c1-27-16-6-5-12(8-17(16)28-2)15(10-19(25)26)23-18(24)9-13-11-22-20-14(13)4-3-7-21-20/h3-8,11,15H,9-10H2,1-2H3,(H,21,22)(H,23,24)(H,25,26). The van der Waals surface area contributed by atoms with Gasteiger partial charge in [0, 0.05) is 17.8 Å². The van der Waals surface area contributed by atoms with Crippen LogP contribution in [0.4, 0.5) is 0 Å². The smallest absolute Gasteiger partial charge is 0.305 e. The van der Waals surface area contributed by atoms with E-state index in [1.807, 2.05) is 6.07 Å². The number of H-pyrrole nitrogens is 1. The summed E-state index contributed by atoms with van der Waals surface area (Å²) in [6, 6.07) is 8.04. The van der Waals surface area contributed by atoms with Crippen LogP contribution in [0.1, 0.15) is 23.6 Å².